The number of fused-ring (bicyclic) bond motifs is 3. The lowest BCUT2D eigenvalue weighted by molar-refractivity contribution is -0.143. The highest BCUT2D eigenvalue weighted by molar-refractivity contribution is 5.81. The van der Waals surface area contributed by atoms with Crippen LogP contribution in [0, 0.1) is 5.92 Å². The molecule has 3 atom stereocenters. The number of alkyl carbamates (subject to hydrolysis) is 1. The van der Waals surface area contributed by atoms with E-state index in [0.29, 0.717) is 19.4 Å². The molecule has 2 amide bonds. The van der Waals surface area contributed by atoms with Crippen molar-refractivity contribution in [1.29, 1.82) is 0 Å². The van der Waals surface area contributed by atoms with Crippen LogP contribution in [0.5, 0.6) is 0 Å². The number of benzene rings is 2. The number of carbonyl (C=O) groups excluding carboxylic acids is 2. The second-order valence-corrected chi connectivity index (χ2v) is 8.87. The Hall–Kier alpha value is -3.35. The molecule has 174 valence electrons. The van der Waals surface area contributed by atoms with E-state index in [9.17, 15) is 19.5 Å². The molecule has 0 saturated carbocycles. The van der Waals surface area contributed by atoms with E-state index in [2.05, 4.69) is 29.6 Å². The summed E-state index contributed by atoms with van der Waals surface area (Å²) in [4.78, 5) is 38.3. The summed E-state index contributed by atoms with van der Waals surface area (Å²) in [6.45, 7) is 4.30. The minimum Gasteiger partial charge on any atom is -0.481 e. The van der Waals surface area contributed by atoms with E-state index in [4.69, 9.17) is 4.74 Å². The number of ether oxygens (including phenoxy) is 1. The Morgan fingerprint density at radius 3 is 2.27 bits per heavy atom. The lowest BCUT2D eigenvalue weighted by atomic mass is 9.98. The van der Waals surface area contributed by atoms with Crippen molar-refractivity contribution in [2.75, 3.05) is 13.2 Å². The summed E-state index contributed by atoms with van der Waals surface area (Å²) in [6, 6.07) is 15.6. The Labute approximate surface area is 193 Å². The molecule has 0 radical (unpaired) electrons. The van der Waals surface area contributed by atoms with E-state index >= 15 is 0 Å². The molecule has 7 heteroatoms. The van der Waals surface area contributed by atoms with E-state index in [1.54, 1.807) is 11.8 Å². The van der Waals surface area contributed by atoms with Gasteiger partial charge in [0.2, 0.25) is 5.91 Å². The molecule has 0 bridgehead atoms. The van der Waals surface area contributed by atoms with Crippen LogP contribution in [-0.4, -0.2) is 53.2 Å². The molecule has 1 fully saturated rings. The van der Waals surface area contributed by atoms with Crippen LogP contribution >= 0.6 is 0 Å². The summed E-state index contributed by atoms with van der Waals surface area (Å²) in [5.74, 6) is -1.55. The molecular weight excluding hydrogens is 420 g/mol. The van der Waals surface area contributed by atoms with Crippen LogP contribution in [0.4, 0.5) is 4.79 Å². The lowest BCUT2D eigenvalue weighted by Gasteiger charge is -2.27. The second kappa shape index (κ2) is 9.65. The minimum absolute atomic E-state index is 0.0250. The molecule has 1 aliphatic heterocycles. The highest BCUT2D eigenvalue weighted by Crippen LogP contribution is 2.44. The van der Waals surface area contributed by atoms with Crippen molar-refractivity contribution in [3.8, 4) is 11.1 Å². The van der Waals surface area contributed by atoms with Gasteiger partial charge in [0, 0.05) is 31.0 Å². The molecule has 2 aromatic rings. The molecule has 1 aliphatic carbocycles. The van der Waals surface area contributed by atoms with Crippen LogP contribution in [0.1, 0.15) is 50.2 Å². The maximum Gasteiger partial charge on any atom is 0.407 e. The summed E-state index contributed by atoms with van der Waals surface area (Å²) < 4.78 is 5.56. The van der Waals surface area contributed by atoms with E-state index in [1.807, 2.05) is 31.2 Å². The molecule has 2 unspecified atom stereocenters. The summed E-state index contributed by atoms with van der Waals surface area (Å²) in [5.41, 5.74) is 4.61. The van der Waals surface area contributed by atoms with Crippen LogP contribution in [0.2, 0.25) is 0 Å². The zero-order valence-electron chi connectivity index (χ0n) is 19.0. The van der Waals surface area contributed by atoms with Gasteiger partial charge >= 0.3 is 12.1 Å². The molecule has 33 heavy (non-hydrogen) atoms. The second-order valence-electron chi connectivity index (χ2n) is 8.87. The zero-order valence-corrected chi connectivity index (χ0v) is 19.0. The number of carboxylic acids is 1. The summed E-state index contributed by atoms with van der Waals surface area (Å²) in [7, 11) is 0. The Bertz CT molecular complexity index is 1010. The molecular formula is C26H30N2O5. The number of hydrogen-bond acceptors (Lipinski definition) is 4. The maximum atomic E-state index is 12.8. The van der Waals surface area contributed by atoms with Crippen molar-refractivity contribution < 1.29 is 24.2 Å². The average Bonchev–Trinajstić information content (AvgIpc) is 3.37. The molecule has 1 heterocycles. The fraction of sp³-hybridized carbons (Fsp3) is 0.423. The van der Waals surface area contributed by atoms with Gasteiger partial charge in [-0.15, -0.1) is 0 Å². The first-order valence-electron chi connectivity index (χ1n) is 11.5. The van der Waals surface area contributed by atoms with Gasteiger partial charge < -0.3 is 20.1 Å². The van der Waals surface area contributed by atoms with Crippen molar-refractivity contribution in [2.24, 2.45) is 5.92 Å². The number of nitrogens with zero attached hydrogens (tertiary/aromatic N) is 1. The summed E-state index contributed by atoms with van der Waals surface area (Å²) in [6.07, 6.45) is 0.603. The van der Waals surface area contributed by atoms with Crippen LogP contribution in [-0.2, 0) is 14.3 Å². The number of aliphatic carboxylic acids is 1. The maximum absolute atomic E-state index is 12.8. The van der Waals surface area contributed by atoms with Crippen molar-refractivity contribution in [2.45, 2.75) is 51.1 Å². The zero-order chi connectivity index (χ0) is 23.5. The predicted molar refractivity (Wildman–Crippen MR) is 124 cm³/mol. The van der Waals surface area contributed by atoms with Gasteiger partial charge in [-0.25, -0.2) is 4.79 Å². The highest BCUT2D eigenvalue weighted by Gasteiger charge is 2.40. The summed E-state index contributed by atoms with van der Waals surface area (Å²) >= 11 is 0. The van der Waals surface area contributed by atoms with E-state index in [1.165, 1.54) is 0 Å². The normalized spacial score (nSPS) is 20.1. The minimum atomic E-state index is -0.859. The average molecular weight is 451 g/mol. The molecule has 7 nitrogen and oxygen atoms in total. The molecule has 1 saturated heterocycles. The van der Waals surface area contributed by atoms with Crippen LogP contribution in [0.25, 0.3) is 11.1 Å². The standard InChI is InChI=1S/C26H30N2O5/c1-3-23-21(25(30)31)12-13-28(23)24(29)14-16(2)27-26(32)33-15-22-19-10-6-4-8-17(19)18-9-5-7-11-20(18)22/h4-11,16,21-23H,3,12-15H2,1-2H3,(H,27,32)(H,30,31)/t16-,21?,23?/m1/s1. The van der Waals surface area contributed by atoms with Crippen LogP contribution < -0.4 is 5.32 Å². The van der Waals surface area contributed by atoms with Gasteiger partial charge in [0.1, 0.15) is 6.61 Å². The molecule has 4 rings (SSSR count). The van der Waals surface area contributed by atoms with Crippen molar-refractivity contribution in [3.05, 3.63) is 59.7 Å². The number of rotatable bonds is 7. The van der Waals surface area contributed by atoms with Crippen molar-refractivity contribution in [3.63, 3.8) is 0 Å². The van der Waals surface area contributed by atoms with Gasteiger partial charge in [-0.1, -0.05) is 55.5 Å². The van der Waals surface area contributed by atoms with Gasteiger partial charge in [-0.2, -0.15) is 0 Å². The monoisotopic (exact) mass is 450 g/mol. The predicted octanol–water partition coefficient (Wildman–Crippen LogP) is 4.02. The Balaban J connectivity index is 1.32. The lowest BCUT2D eigenvalue weighted by Crippen LogP contribution is -2.43. The van der Waals surface area contributed by atoms with Crippen molar-refractivity contribution >= 4 is 18.0 Å². The Morgan fingerprint density at radius 1 is 1.09 bits per heavy atom. The van der Waals surface area contributed by atoms with Gasteiger partial charge in [0.15, 0.2) is 0 Å². The number of carbonyl (C=O) groups is 3. The number of likely N-dealkylation sites (tertiary alicyclic amines) is 1. The van der Waals surface area contributed by atoms with Gasteiger partial charge in [0.05, 0.1) is 5.92 Å². The fourth-order valence-electron chi connectivity index (χ4n) is 5.23. The first kappa shape index (κ1) is 22.8. The third-order valence-electron chi connectivity index (χ3n) is 6.79. The van der Waals surface area contributed by atoms with Gasteiger partial charge in [-0.3, -0.25) is 9.59 Å². The van der Waals surface area contributed by atoms with E-state index in [0.717, 1.165) is 22.3 Å². The Kier molecular flexibility index (Phi) is 6.67. The van der Waals surface area contributed by atoms with E-state index < -0.39 is 24.0 Å². The number of hydrogen-bond donors (Lipinski definition) is 2. The van der Waals surface area contributed by atoms with Gasteiger partial charge in [-0.05, 0) is 42.0 Å². The number of carboxylic acid groups (broad SMARTS) is 1. The SMILES string of the molecule is CCC1C(C(=O)O)CCN1C(=O)C[C@@H](C)NC(=O)OCC1c2ccccc2-c2ccccc21. The van der Waals surface area contributed by atoms with Gasteiger partial charge in [0.25, 0.3) is 0 Å². The number of nitrogens with one attached hydrogen (secondary N) is 1. The largest absolute Gasteiger partial charge is 0.481 e. The Morgan fingerprint density at radius 2 is 1.70 bits per heavy atom. The third-order valence-corrected chi connectivity index (χ3v) is 6.79. The first-order chi connectivity index (χ1) is 15.9. The smallest absolute Gasteiger partial charge is 0.407 e. The van der Waals surface area contributed by atoms with Crippen LogP contribution in [0.15, 0.2) is 48.5 Å². The molecule has 0 spiro atoms. The van der Waals surface area contributed by atoms with E-state index in [-0.39, 0.29) is 30.9 Å². The number of amides is 2. The molecule has 2 aromatic carbocycles. The quantitative estimate of drug-likeness (QED) is 0.664. The first-order valence-corrected chi connectivity index (χ1v) is 11.5. The summed E-state index contributed by atoms with van der Waals surface area (Å²) in [5, 5.41) is 12.1. The third kappa shape index (κ3) is 4.58. The molecule has 2 N–H and O–H groups in total. The topological polar surface area (TPSA) is 95.9 Å². The van der Waals surface area contributed by atoms with Crippen molar-refractivity contribution in [1.82, 2.24) is 10.2 Å². The molecule has 0 aromatic heterocycles. The van der Waals surface area contributed by atoms with Crippen LogP contribution in [0.3, 0.4) is 0 Å². The highest BCUT2D eigenvalue weighted by atomic mass is 16.5. The molecule has 2 aliphatic rings. The fourth-order valence-corrected chi connectivity index (χ4v) is 5.23.